The molecule has 1 rings (SSSR count). The SMILES string of the molecule is C=C/C(=C\C(=C)OC)C(=O)c1cccnc1C#N. The zero-order chi connectivity index (χ0) is 13.5. The molecule has 0 bridgehead atoms. The molecule has 0 saturated heterocycles. The second-order valence-electron chi connectivity index (χ2n) is 3.31. The van der Waals surface area contributed by atoms with Crippen LogP contribution in [0.1, 0.15) is 16.1 Å². The van der Waals surface area contributed by atoms with Crippen LogP contribution in [0, 0.1) is 11.3 Å². The Morgan fingerprint density at radius 1 is 1.61 bits per heavy atom. The van der Waals surface area contributed by atoms with Crippen molar-refractivity contribution in [3.63, 3.8) is 0 Å². The van der Waals surface area contributed by atoms with Gasteiger partial charge in [0.25, 0.3) is 0 Å². The summed E-state index contributed by atoms with van der Waals surface area (Å²) in [6.45, 7) is 7.16. The third-order valence-electron chi connectivity index (χ3n) is 2.22. The molecule has 0 spiro atoms. The van der Waals surface area contributed by atoms with Gasteiger partial charge in [0.1, 0.15) is 11.8 Å². The summed E-state index contributed by atoms with van der Waals surface area (Å²) in [5.74, 6) is -0.00602. The number of ether oxygens (including phenoxy) is 1. The van der Waals surface area contributed by atoms with Crippen LogP contribution in [0.25, 0.3) is 0 Å². The van der Waals surface area contributed by atoms with E-state index in [1.165, 1.54) is 25.5 Å². The Balaban J connectivity index is 3.21. The second-order valence-corrected chi connectivity index (χ2v) is 3.31. The van der Waals surface area contributed by atoms with Gasteiger partial charge in [-0.15, -0.1) is 0 Å². The van der Waals surface area contributed by atoms with Gasteiger partial charge < -0.3 is 4.74 Å². The minimum atomic E-state index is -0.340. The number of rotatable bonds is 5. The Labute approximate surface area is 106 Å². The lowest BCUT2D eigenvalue weighted by Crippen LogP contribution is -2.06. The van der Waals surface area contributed by atoms with Crippen LogP contribution in [-0.4, -0.2) is 17.9 Å². The maximum absolute atomic E-state index is 12.2. The molecular weight excluding hydrogens is 228 g/mol. The molecule has 1 heterocycles. The summed E-state index contributed by atoms with van der Waals surface area (Å²) in [7, 11) is 1.45. The van der Waals surface area contributed by atoms with Gasteiger partial charge >= 0.3 is 0 Å². The molecule has 4 heteroatoms. The van der Waals surface area contributed by atoms with E-state index >= 15 is 0 Å². The Morgan fingerprint density at radius 2 is 2.33 bits per heavy atom. The summed E-state index contributed by atoms with van der Waals surface area (Å²) in [6, 6.07) is 5.02. The molecule has 0 radical (unpaired) electrons. The van der Waals surface area contributed by atoms with Crippen LogP contribution in [0.5, 0.6) is 0 Å². The first kappa shape index (κ1) is 13.4. The smallest absolute Gasteiger partial charge is 0.196 e. The van der Waals surface area contributed by atoms with Gasteiger partial charge in [-0.2, -0.15) is 5.26 Å². The number of nitrogens with zero attached hydrogens (tertiary/aromatic N) is 2. The molecular formula is C14H12N2O2. The highest BCUT2D eigenvalue weighted by Gasteiger charge is 2.14. The van der Waals surface area contributed by atoms with Crippen LogP contribution in [0.15, 0.2) is 55.0 Å². The summed E-state index contributed by atoms with van der Waals surface area (Å²) in [4.78, 5) is 16.0. The molecule has 1 aromatic rings. The van der Waals surface area contributed by atoms with E-state index in [4.69, 9.17) is 10.00 Å². The molecule has 0 aliphatic rings. The Morgan fingerprint density at radius 3 is 2.89 bits per heavy atom. The van der Waals surface area contributed by atoms with E-state index in [-0.39, 0.29) is 17.0 Å². The molecule has 4 nitrogen and oxygen atoms in total. The van der Waals surface area contributed by atoms with Gasteiger partial charge in [-0.25, -0.2) is 4.98 Å². The average Bonchev–Trinajstić information content (AvgIpc) is 2.43. The van der Waals surface area contributed by atoms with Crippen molar-refractivity contribution in [2.45, 2.75) is 0 Å². The summed E-state index contributed by atoms with van der Waals surface area (Å²) < 4.78 is 4.87. The fourth-order valence-corrected chi connectivity index (χ4v) is 1.28. The first-order chi connectivity index (χ1) is 8.63. The number of carbonyl (C=O) groups excluding carboxylic acids is 1. The number of ketones is 1. The van der Waals surface area contributed by atoms with Gasteiger partial charge in [0.05, 0.1) is 12.7 Å². The predicted molar refractivity (Wildman–Crippen MR) is 67.7 cm³/mol. The van der Waals surface area contributed by atoms with Crippen LogP contribution < -0.4 is 0 Å². The zero-order valence-corrected chi connectivity index (χ0v) is 10.0. The Kier molecular flexibility index (Phi) is 4.58. The standard InChI is InChI=1S/C14H12N2O2/c1-4-11(8-10(2)18-3)14(17)12-6-5-7-16-13(12)9-15/h4-8H,1-2H2,3H3/b11-8+. The maximum Gasteiger partial charge on any atom is 0.196 e. The monoisotopic (exact) mass is 240 g/mol. The van der Waals surface area contributed by atoms with E-state index < -0.39 is 0 Å². The maximum atomic E-state index is 12.2. The molecule has 0 unspecified atom stereocenters. The molecule has 0 fully saturated rings. The summed E-state index contributed by atoms with van der Waals surface area (Å²) in [5.41, 5.74) is 0.611. The summed E-state index contributed by atoms with van der Waals surface area (Å²) >= 11 is 0. The van der Waals surface area contributed by atoms with Gasteiger partial charge in [-0.05, 0) is 18.2 Å². The predicted octanol–water partition coefficient (Wildman–Crippen LogP) is 2.41. The Bertz CT molecular complexity index is 565. The van der Waals surface area contributed by atoms with Crippen LogP contribution in [0.3, 0.4) is 0 Å². The Hall–Kier alpha value is -2.67. The van der Waals surface area contributed by atoms with Gasteiger partial charge in [0.2, 0.25) is 0 Å². The number of Topliss-reactive ketones (excluding diaryl/α,β-unsaturated/α-hetero) is 1. The molecule has 90 valence electrons. The van der Waals surface area contributed by atoms with Crippen molar-refractivity contribution in [3.8, 4) is 6.07 Å². The zero-order valence-electron chi connectivity index (χ0n) is 10.0. The molecule has 0 atom stereocenters. The highest BCUT2D eigenvalue weighted by atomic mass is 16.5. The molecule has 18 heavy (non-hydrogen) atoms. The number of aromatic nitrogens is 1. The number of carbonyl (C=O) groups is 1. The topological polar surface area (TPSA) is 63.0 Å². The highest BCUT2D eigenvalue weighted by Crippen LogP contribution is 2.13. The van der Waals surface area contributed by atoms with Crippen molar-refractivity contribution in [2.24, 2.45) is 0 Å². The minimum absolute atomic E-state index is 0.0817. The van der Waals surface area contributed by atoms with Crippen LogP contribution >= 0.6 is 0 Å². The molecule has 0 aromatic carbocycles. The van der Waals surface area contributed by atoms with Gasteiger partial charge in [-0.1, -0.05) is 19.2 Å². The van der Waals surface area contributed by atoms with Crippen molar-refractivity contribution < 1.29 is 9.53 Å². The number of pyridine rings is 1. The van der Waals surface area contributed by atoms with Crippen LogP contribution in [0.2, 0.25) is 0 Å². The van der Waals surface area contributed by atoms with E-state index in [0.717, 1.165) is 0 Å². The molecule has 0 aliphatic heterocycles. The normalized spacial score (nSPS) is 10.3. The highest BCUT2D eigenvalue weighted by molar-refractivity contribution is 6.11. The van der Waals surface area contributed by atoms with Crippen molar-refractivity contribution >= 4 is 5.78 Å². The molecule has 0 N–H and O–H groups in total. The molecule has 1 aromatic heterocycles. The van der Waals surface area contributed by atoms with Gasteiger partial charge in [0, 0.05) is 11.8 Å². The largest absolute Gasteiger partial charge is 0.497 e. The fourth-order valence-electron chi connectivity index (χ4n) is 1.28. The van der Waals surface area contributed by atoms with E-state index in [1.54, 1.807) is 12.1 Å². The number of nitriles is 1. The number of methoxy groups -OCH3 is 1. The lowest BCUT2D eigenvalue weighted by molar-refractivity contribution is 0.103. The van der Waals surface area contributed by atoms with E-state index in [9.17, 15) is 4.79 Å². The molecule has 0 aliphatic carbocycles. The third kappa shape index (κ3) is 2.92. The van der Waals surface area contributed by atoms with Crippen molar-refractivity contribution in [2.75, 3.05) is 7.11 Å². The first-order valence-corrected chi connectivity index (χ1v) is 5.11. The number of hydrogen-bond donors (Lipinski definition) is 0. The summed E-state index contributed by atoms with van der Waals surface area (Å²) in [5, 5.41) is 8.90. The van der Waals surface area contributed by atoms with Crippen molar-refractivity contribution in [1.29, 1.82) is 5.26 Å². The third-order valence-corrected chi connectivity index (χ3v) is 2.22. The quantitative estimate of drug-likeness (QED) is 0.343. The van der Waals surface area contributed by atoms with Gasteiger partial charge in [-0.3, -0.25) is 4.79 Å². The van der Waals surface area contributed by atoms with Crippen LogP contribution in [0.4, 0.5) is 0 Å². The fraction of sp³-hybridized carbons (Fsp3) is 0.0714. The first-order valence-electron chi connectivity index (χ1n) is 5.11. The van der Waals surface area contributed by atoms with Gasteiger partial charge in [0.15, 0.2) is 11.5 Å². The molecule has 0 amide bonds. The minimum Gasteiger partial charge on any atom is -0.497 e. The number of hydrogen-bond acceptors (Lipinski definition) is 4. The lowest BCUT2D eigenvalue weighted by Gasteiger charge is -2.04. The van der Waals surface area contributed by atoms with Crippen LogP contribution in [-0.2, 0) is 4.74 Å². The average molecular weight is 240 g/mol. The lowest BCUT2D eigenvalue weighted by atomic mass is 10.0. The second kappa shape index (κ2) is 6.16. The molecule has 0 saturated carbocycles. The van der Waals surface area contributed by atoms with E-state index in [0.29, 0.717) is 11.3 Å². The van der Waals surface area contributed by atoms with E-state index in [1.807, 2.05) is 6.07 Å². The van der Waals surface area contributed by atoms with E-state index in [2.05, 4.69) is 18.1 Å². The number of allylic oxidation sites excluding steroid dienone is 3. The van der Waals surface area contributed by atoms with Crippen molar-refractivity contribution in [3.05, 3.63) is 66.2 Å². The van der Waals surface area contributed by atoms with Crippen molar-refractivity contribution in [1.82, 2.24) is 4.98 Å². The summed E-state index contributed by atoms with van der Waals surface area (Å²) in [6.07, 6.45) is 4.31.